The smallest absolute Gasteiger partial charge is 0.240 e. The number of aromatic nitrogens is 1. The van der Waals surface area contributed by atoms with Crippen molar-refractivity contribution in [3.05, 3.63) is 45.9 Å². The molecule has 0 unspecified atom stereocenters. The van der Waals surface area contributed by atoms with Gasteiger partial charge in [0.15, 0.2) is 5.78 Å². The van der Waals surface area contributed by atoms with Crippen LogP contribution in [0.5, 0.6) is 0 Å². The van der Waals surface area contributed by atoms with Gasteiger partial charge in [0, 0.05) is 29.6 Å². The summed E-state index contributed by atoms with van der Waals surface area (Å²) >= 11 is 1.51. The second-order valence-corrected chi connectivity index (χ2v) is 7.32. The van der Waals surface area contributed by atoms with Gasteiger partial charge in [0.05, 0.1) is 9.90 Å². The number of carbonyl (C=O) groups excluding carboxylic acids is 1. The van der Waals surface area contributed by atoms with Crippen LogP contribution in [0.2, 0.25) is 0 Å². The maximum Gasteiger partial charge on any atom is 0.240 e. The summed E-state index contributed by atoms with van der Waals surface area (Å²) < 4.78 is 26.9. The van der Waals surface area contributed by atoms with Crippen LogP contribution in [-0.2, 0) is 16.4 Å². The first-order chi connectivity index (χ1) is 9.88. The Morgan fingerprint density at radius 3 is 2.76 bits per heavy atom. The first-order valence-electron chi connectivity index (χ1n) is 6.40. The molecule has 7 heteroatoms. The Balaban J connectivity index is 2.04. The van der Waals surface area contributed by atoms with Crippen molar-refractivity contribution in [3.63, 3.8) is 0 Å². The second kappa shape index (κ2) is 6.46. The van der Waals surface area contributed by atoms with Crippen molar-refractivity contribution in [2.24, 2.45) is 0 Å². The van der Waals surface area contributed by atoms with Crippen molar-refractivity contribution in [3.8, 4) is 0 Å². The molecule has 1 heterocycles. The van der Waals surface area contributed by atoms with Gasteiger partial charge in [-0.2, -0.15) is 0 Å². The minimum absolute atomic E-state index is 0.102. The quantitative estimate of drug-likeness (QED) is 0.826. The van der Waals surface area contributed by atoms with E-state index in [1.807, 2.05) is 12.3 Å². The number of ketones is 1. The van der Waals surface area contributed by atoms with Crippen LogP contribution in [0.3, 0.4) is 0 Å². The third-order valence-corrected chi connectivity index (χ3v) is 5.33. The zero-order valence-corrected chi connectivity index (χ0v) is 13.4. The minimum atomic E-state index is -3.61. The molecule has 1 N–H and O–H groups in total. The van der Waals surface area contributed by atoms with E-state index in [1.54, 1.807) is 12.1 Å². The van der Waals surface area contributed by atoms with E-state index in [9.17, 15) is 13.2 Å². The van der Waals surface area contributed by atoms with Crippen molar-refractivity contribution in [1.82, 2.24) is 9.71 Å². The Labute approximate surface area is 128 Å². The zero-order valence-electron chi connectivity index (χ0n) is 11.8. The van der Waals surface area contributed by atoms with E-state index in [0.717, 1.165) is 10.7 Å². The molecule has 0 aliphatic rings. The highest BCUT2D eigenvalue weighted by Gasteiger charge is 2.15. The lowest BCUT2D eigenvalue weighted by molar-refractivity contribution is 0.101. The van der Waals surface area contributed by atoms with Gasteiger partial charge in [-0.25, -0.2) is 18.1 Å². The molecule has 0 radical (unpaired) electrons. The van der Waals surface area contributed by atoms with Crippen LogP contribution in [0, 0.1) is 6.92 Å². The van der Waals surface area contributed by atoms with Crippen molar-refractivity contribution in [2.45, 2.75) is 25.2 Å². The monoisotopic (exact) mass is 324 g/mol. The largest absolute Gasteiger partial charge is 0.295 e. The number of sulfonamides is 1. The van der Waals surface area contributed by atoms with E-state index in [-0.39, 0.29) is 17.2 Å². The van der Waals surface area contributed by atoms with Crippen molar-refractivity contribution >= 4 is 27.1 Å². The van der Waals surface area contributed by atoms with Crippen LogP contribution in [0.1, 0.15) is 28.0 Å². The average Bonchev–Trinajstić information content (AvgIpc) is 2.84. The van der Waals surface area contributed by atoms with Gasteiger partial charge in [-0.05, 0) is 26.0 Å². The van der Waals surface area contributed by atoms with E-state index in [2.05, 4.69) is 9.71 Å². The van der Waals surface area contributed by atoms with Gasteiger partial charge in [0.25, 0.3) is 0 Å². The molecule has 5 nitrogen and oxygen atoms in total. The van der Waals surface area contributed by atoms with Crippen LogP contribution < -0.4 is 4.72 Å². The molecule has 2 rings (SSSR count). The van der Waals surface area contributed by atoms with Gasteiger partial charge in [0.1, 0.15) is 0 Å². The van der Waals surface area contributed by atoms with Crippen LogP contribution in [0.25, 0.3) is 0 Å². The molecule has 0 saturated carbocycles. The number of benzene rings is 1. The molecule has 21 heavy (non-hydrogen) atoms. The normalized spacial score (nSPS) is 11.5. The maximum absolute atomic E-state index is 12.2. The summed E-state index contributed by atoms with van der Waals surface area (Å²) in [7, 11) is -3.61. The number of hydrogen-bond acceptors (Lipinski definition) is 5. The van der Waals surface area contributed by atoms with Crippen molar-refractivity contribution in [1.29, 1.82) is 0 Å². The fourth-order valence-corrected chi connectivity index (χ4v) is 3.63. The Morgan fingerprint density at radius 1 is 1.38 bits per heavy atom. The lowest BCUT2D eigenvalue weighted by atomic mass is 10.2. The molecule has 1 aromatic heterocycles. The number of hydrogen-bond donors (Lipinski definition) is 1. The van der Waals surface area contributed by atoms with E-state index < -0.39 is 10.0 Å². The first kappa shape index (κ1) is 15.8. The van der Waals surface area contributed by atoms with E-state index in [1.165, 1.54) is 30.4 Å². The summed E-state index contributed by atoms with van der Waals surface area (Å²) in [5.74, 6) is -0.162. The molecule has 0 fully saturated rings. The van der Waals surface area contributed by atoms with Crippen molar-refractivity contribution in [2.75, 3.05) is 6.54 Å². The van der Waals surface area contributed by atoms with E-state index >= 15 is 0 Å². The van der Waals surface area contributed by atoms with Gasteiger partial charge >= 0.3 is 0 Å². The molecule has 2 aromatic rings. The van der Waals surface area contributed by atoms with Crippen LogP contribution >= 0.6 is 11.3 Å². The second-order valence-electron chi connectivity index (χ2n) is 4.61. The molecule has 0 amide bonds. The molecule has 0 bridgehead atoms. The zero-order chi connectivity index (χ0) is 15.5. The summed E-state index contributed by atoms with van der Waals surface area (Å²) in [4.78, 5) is 15.7. The number of Topliss-reactive ketones (excluding diaryl/α,β-unsaturated/α-hetero) is 1. The third-order valence-electron chi connectivity index (χ3n) is 2.85. The molecule has 0 aliphatic heterocycles. The summed E-state index contributed by atoms with van der Waals surface area (Å²) in [5.41, 5.74) is 1.32. The van der Waals surface area contributed by atoms with Crippen LogP contribution in [0.15, 0.2) is 34.5 Å². The van der Waals surface area contributed by atoms with E-state index in [4.69, 9.17) is 0 Å². The summed E-state index contributed by atoms with van der Waals surface area (Å²) in [6.07, 6.45) is 0.546. The number of nitrogens with one attached hydrogen (secondary N) is 1. The number of rotatable bonds is 6. The van der Waals surface area contributed by atoms with Gasteiger partial charge in [-0.1, -0.05) is 12.1 Å². The molecule has 0 aliphatic carbocycles. The van der Waals surface area contributed by atoms with E-state index in [0.29, 0.717) is 12.0 Å². The molecule has 1 aromatic carbocycles. The Morgan fingerprint density at radius 2 is 2.14 bits per heavy atom. The molecular weight excluding hydrogens is 308 g/mol. The summed E-state index contributed by atoms with van der Waals surface area (Å²) in [6.45, 7) is 3.58. The van der Waals surface area contributed by atoms with Gasteiger partial charge in [-0.3, -0.25) is 4.79 Å². The van der Waals surface area contributed by atoms with Crippen LogP contribution in [-0.4, -0.2) is 25.7 Å². The maximum atomic E-state index is 12.2. The van der Waals surface area contributed by atoms with Gasteiger partial charge in [-0.15, -0.1) is 11.3 Å². The highest BCUT2D eigenvalue weighted by atomic mass is 32.2. The molecule has 0 saturated heterocycles. The summed E-state index contributed by atoms with van der Waals surface area (Å²) in [5, 5.41) is 2.83. The topological polar surface area (TPSA) is 76.1 Å². The van der Waals surface area contributed by atoms with Gasteiger partial charge in [0.2, 0.25) is 10.0 Å². The number of aryl methyl sites for hydroxylation is 1. The van der Waals surface area contributed by atoms with Crippen molar-refractivity contribution < 1.29 is 13.2 Å². The molecule has 0 atom stereocenters. The summed E-state index contributed by atoms with van der Waals surface area (Å²) in [6, 6.07) is 6.02. The van der Waals surface area contributed by atoms with Gasteiger partial charge < -0.3 is 0 Å². The third kappa shape index (κ3) is 4.20. The SMILES string of the molecule is CC(=O)c1cccc(S(=O)(=O)NCCc2nc(C)cs2)c1. The molecule has 0 spiro atoms. The first-order valence-corrected chi connectivity index (χ1v) is 8.76. The number of thiazole rings is 1. The highest BCUT2D eigenvalue weighted by molar-refractivity contribution is 7.89. The Bertz CT molecular complexity index is 751. The Kier molecular flexibility index (Phi) is 4.87. The predicted octanol–water partition coefficient (Wildman–Crippen LogP) is 2.18. The average molecular weight is 324 g/mol. The standard InChI is InChI=1S/C14H16N2O3S2/c1-10-9-20-14(16-10)6-7-15-21(18,19)13-5-3-4-12(8-13)11(2)17/h3-5,8-9,15H,6-7H2,1-2H3. The number of carbonyl (C=O) groups is 1. The number of nitrogens with zero attached hydrogens (tertiary/aromatic N) is 1. The highest BCUT2D eigenvalue weighted by Crippen LogP contribution is 2.13. The molecular formula is C14H16N2O3S2. The fourth-order valence-electron chi connectivity index (χ4n) is 1.78. The predicted molar refractivity (Wildman–Crippen MR) is 82.2 cm³/mol. The lowest BCUT2D eigenvalue weighted by Gasteiger charge is -2.06. The fraction of sp³-hybridized carbons (Fsp3) is 0.286. The molecule has 112 valence electrons. The Hall–Kier alpha value is -1.57. The lowest BCUT2D eigenvalue weighted by Crippen LogP contribution is -2.26. The minimum Gasteiger partial charge on any atom is -0.295 e. The van der Waals surface area contributed by atoms with Crippen LogP contribution in [0.4, 0.5) is 0 Å².